The van der Waals surface area contributed by atoms with Gasteiger partial charge in [0, 0.05) is 13.7 Å². The Morgan fingerprint density at radius 2 is 1.92 bits per heavy atom. The molecule has 0 fully saturated rings. The summed E-state index contributed by atoms with van der Waals surface area (Å²) < 4.78 is 15.7. The van der Waals surface area contributed by atoms with E-state index in [1.54, 1.807) is 7.11 Å². The molecular weight excluding hydrogens is 168 g/mol. The molecule has 1 atom stereocenters. The first kappa shape index (κ1) is 12.9. The minimum atomic E-state index is 0.173. The zero-order valence-electron chi connectivity index (χ0n) is 9.04. The van der Waals surface area contributed by atoms with Crippen molar-refractivity contribution in [3.63, 3.8) is 0 Å². The SMILES string of the molecule is CCCCOC[C@@H](C)OCCOC. The zero-order valence-corrected chi connectivity index (χ0v) is 9.04. The van der Waals surface area contributed by atoms with E-state index in [1.165, 1.54) is 6.42 Å². The predicted molar refractivity (Wildman–Crippen MR) is 53.0 cm³/mol. The topological polar surface area (TPSA) is 27.7 Å². The molecule has 0 aromatic rings. The third kappa shape index (κ3) is 9.80. The molecule has 13 heavy (non-hydrogen) atoms. The molecule has 0 bridgehead atoms. The van der Waals surface area contributed by atoms with Crippen LogP contribution in [0, 0.1) is 0 Å². The monoisotopic (exact) mass is 190 g/mol. The van der Waals surface area contributed by atoms with Crippen molar-refractivity contribution in [1.82, 2.24) is 0 Å². The van der Waals surface area contributed by atoms with Gasteiger partial charge in [0.2, 0.25) is 0 Å². The Labute approximate surface area is 81.4 Å². The highest BCUT2D eigenvalue weighted by Gasteiger charge is 2.00. The van der Waals surface area contributed by atoms with E-state index in [0.29, 0.717) is 19.8 Å². The van der Waals surface area contributed by atoms with Crippen molar-refractivity contribution < 1.29 is 14.2 Å². The first-order valence-electron chi connectivity index (χ1n) is 4.99. The van der Waals surface area contributed by atoms with E-state index in [9.17, 15) is 0 Å². The van der Waals surface area contributed by atoms with E-state index in [2.05, 4.69) is 6.92 Å². The molecule has 0 radical (unpaired) electrons. The molecule has 0 N–H and O–H groups in total. The second-order valence-electron chi connectivity index (χ2n) is 3.10. The van der Waals surface area contributed by atoms with Crippen molar-refractivity contribution in [2.75, 3.05) is 33.5 Å². The average molecular weight is 190 g/mol. The van der Waals surface area contributed by atoms with E-state index in [0.717, 1.165) is 13.0 Å². The summed E-state index contributed by atoms with van der Waals surface area (Å²) in [5.41, 5.74) is 0. The van der Waals surface area contributed by atoms with Gasteiger partial charge >= 0.3 is 0 Å². The summed E-state index contributed by atoms with van der Waals surface area (Å²) >= 11 is 0. The van der Waals surface area contributed by atoms with Gasteiger partial charge < -0.3 is 14.2 Å². The summed E-state index contributed by atoms with van der Waals surface area (Å²) in [6.45, 7) is 7.00. The number of rotatable bonds is 9. The van der Waals surface area contributed by atoms with E-state index < -0.39 is 0 Å². The van der Waals surface area contributed by atoms with Gasteiger partial charge in [0.05, 0.1) is 25.9 Å². The second kappa shape index (κ2) is 9.96. The van der Waals surface area contributed by atoms with Crippen LogP contribution in [0.3, 0.4) is 0 Å². The van der Waals surface area contributed by atoms with Gasteiger partial charge in [0.15, 0.2) is 0 Å². The molecule has 0 amide bonds. The molecule has 0 aliphatic rings. The highest BCUT2D eigenvalue weighted by Crippen LogP contribution is 1.94. The minimum Gasteiger partial charge on any atom is -0.382 e. The van der Waals surface area contributed by atoms with Crippen LogP contribution in [0.4, 0.5) is 0 Å². The van der Waals surface area contributed by atoms with E-state index in [-0.39, 0.29) is 6.10 Å². The predicted octanol–water partition coefficient (Wildman–Crippen LogP) is 1.85. The van der Waals surface area contributed by atoms with E-state index >= 15 is 0 Å². The molecule has 3 nitrogen and oxygen atoms in total. The molecule has 0 unspecified atom stereocenters. The molecule has 0 rings (SSSR count). The number of unbranched alkanes of at least 4 members (excludes halogenated alkanes) is 1. The maximum atomic E-state index is 5.41. The quantitative estimate of drug-likeness (QED) is 0.519. The Morgan fingerprint density at radius 3 is 2.54 bits per heavy atom. The van der Waals surface area contributed by atoms with Gasteiger partial charge in [-0.3, -0.25) is 0 Å². The molecule has 0 saturated heterocycles. The van der Waals surface area contributed by atoms with Crippen LogP contribution in [-0.4, -0.2) is 39.6 Å². The summed E-state index contributed by atoms with van der Waals surface area (Å²) in [5, 5.41) is 0. The second-order valence-corrected chi connectivity index (χ2v) is 3.10. The van der Waals surface area contributed by atoms with Gasteiger partial charge in [0.1, 0.15) is 0 Å². The van der Waals surface area contributed by atoms with Crippen LogP contribution in [0.1, 0.15) is 26.7 Å². The zero-order chi connectivity index (χ0) is 9.94. The minimum absolute atomic E-state index is 0.173. The van der Waals surface area contributed by atoms with Gasteiger partial charge in [-0.25, -0.2) is 0 Å². The maximum absolute atomic E-state index is 5.41. The number of methoxy groups -OCH3 is 1. The largest absolute Gasteiger partial charge is 0.382 e. The Kier molecular flexibility index (Phi) is 9.87. The lowest BCUT2D eigenvalue weighted by Gasteiger charge is -2.12. The molecule has 0 saturated carbocycles. The van der Waals surface area contributed by atoms with Crippen LogP contribution in [0.15, 0.2) is 0 Å². The van der Waals surface area contributed by atoms with E-state index in [4.69, 9.17) is 14.2 Å². The molecule has 0 aliphatic heterocycles. The van der Waals surface area contributed by atoms with Crippen molar-refractivity contribution in [2.45, 2.75) is 32.8 Å². The summed E-state index contributed by atoms with van der Waals surface area (Å²) in [6.07, 6.45) is 2.48. The van der Waals surface area contributed by atoms with Crippen molar-refractivity contribution in [3.05, 3.63) is 0 Å². The molecule has 0 spiro atoms. The van der Waals surface area contributed by atoms with Gasteiger partial charge in [-0.2, -0.15) is 0 Å². The van der Waals surface area contributed by atoms with Crippen LogP contribution in [0.2, 0.25) is 0 Å². The van der Waals surface area contributed by atoms with Gasteiger partial charge in [0.25, 0.3) is 0 Å². The van der Waals surface area contributed by atoms with Gasteiger partial charge in [-0.15, -0.1) is 0 Å². The Hall–Kier alpha value is -0.120. The van der Waals surface area contributed by atoms with Crippen LogP contribution >= 0.6 is 0 Å². The number of hydrogen-bond acceptors (Lipinski definition) is 3. The first-order valence-corrected chi connectivity index (χ1v) is 4.99. The summed E-state index contributed by atoms with van der Waals surface area (Å²) in [5.74, 6) is 0. The van der Waals surface area contributed by atoms with Crippen molar-refractivity contribution in [3.8, 4) is 0 Å². The van der Waals surface area contributed by atoms with Crippen molar-refractivity contribution in [1.29, 1.82) is 0 Å². The number of ether oxygens (including phenoxy) is 3. The molecule has 3 heteroatoms. The molecule has 0 aromatic heterocycles. The molecule has 0 aromatic carbocycles. The van der Waals surface area contributed by atoms with Crippen LogP contribution in [0.25, 0.3) is 0 Å². The fraction of sp³-hybridized carbons (Fsp3) is 1.00. The summed E-state index contributed by atoms with van der Waals surface area (Å²) in [4.78, 5) is 0. The number of hydrogen-bond donors (Lipinski definition) is 0. The highest BCUT2D eigenvalue weighted by atomic mass is 16.5. The Morgan fingerprint density at radius 1 is 1.15 bits per heavy atom. The van der Waals surface area contributed by atoms with Crippen LogP contribution in [0.5, 0.6) is 0 Å². The van der Waals surface area contributed by atoms with Gasteiger partial charge in [-0.1, -0.05) is 13.3 Å². The molecule has 0 aliphatic carbocycles. The Balaban J connectivity index is 3.05. The smallest absolute Gasteiger partial charge is 0.0781 e. The lowest BCUT2D eigenvalue weighted by Crippen LogP contribution is -2.18. The van der Waals surface area contributed by atoms with Crippen molar-refractivity contribution >= 4 is 0 Å². The summed E-state index contributed by atoms with van der Waals surface area (Å²) in [7, 11) is 1.67. The van der Waals surface area contributed by atoms with Gasteiger partial charge in [-0.05, 0) is 13.3 Å². The molecule has 0 heterocycles. The molecular formula is C10H22O3. The Bertz CT molecular complexity index is 96.2. The standard InChI is InChI=1S/C10H22O3/c1-4-5-6-12-9-10(2)13-8-7-11-3/h10H,4-9H2,1-3H3/t10-/m1/s1. The fourth-order valence-corrected chi connectivity index (χ4v) is 0.876. The third-order valence-electron chi connectivity index (χ3n) is 1.68. The van der Waals surface area contributed by atoms with E-state index in [1.807, 2.05) is 6.92 Å². The lowest BCUT2D eigenvalue weighted by molar-refractivity contribution is -0.0240. The summed E-state index contributed by atoms with van der Waals surface area (Å²) in [6, 6.07) is 0. The average Bonchev–Trinajstić information content (AvgIpc) is 2.13. The molecule has 80 valence electrons. The van der Waals surface area contributed by atoms with Crippen LogP contribution < -0.4 is 0 Å². The maximum Gasteiger partial charge on any atom is 0.0781 e. The lowest BCUT2D eigenvalue weighted by atomic mass is 10.3. The van der Waals surface area contributed by atoms with Crippen LogP contribution in [-0.2, 0) is 14.2 Å². The first-order chi connectivity index (χ1) is 6.31. The highest BCUT2D eigenvalue weighted by molar-refractivity contribution is 4.47. The third-order valence-corrected chi connectivity index (χ3v) is 1.68. The fourth-order valence-electron chi connectivity index (χ4n) is 0.876. The van der Waals surface area contributed by atoms with Crippen molar-refractivity contribution in [2.24, 2.45) is 0 Å². The normalized spacial score (nSPS) is 13.2.